The van der Waals surface area contributed by atoms with E-state index in [2.05, 4.69) is 41.5 Å². The first-order valence-corrected chi connectivity index (χ1v) is 14.0. The van der Waals surface area contributed by atoms with Crippen molar-refractivity contribution in [3.8, 4) is 0 Å². The number of nitrogens with zero attached hydrogens (tertiary/aromatic N) is 1. The van der Waals surface area contributed by atoms with Gasteiger partial charge in [0.1, 0.15) is 0 Å². The summed E-state index contributed by atoms with van der Waals surface area (Å²) in [5.41, 5.74) is 1.47. The van der Waals surface area contributed by atoms with Gasteiger partial charge in [-0.15, -0.1) is 0 Å². The van der Waals surface area contributed by atoms with E-state index in [1.165, 1.54) is 0 Å². The molecule has 0 aliphatic rings. The quantitative estimate of drug-likeness (QED) is 0.558. The third-order valence-corrected chi connectivity index (χ3v) is 7.64. The van der Waals surface area contributed by atoms with Crippen LogP contribution in [-0.4, -0.2) is 28.8 Å². The Bertz CT molecular complexity index is 687. The van der Waals surface area contributed by atoms with Crippen LogP contribution in [0.5, 0.6) is 0 Å². The molecule has 28 heavy (non-hydrogen) atoms. The summed E-state index contributed by atoms with van der Waals surface area (Å²) < 4.78 is 0. The third-order valence-electron chi connectivity index (χ3n) is 5.36. The molecule has 3 nitrogen and oxygen atoms in total. The van der Waals surface area contributed by atoms with E-state index in [1.54, 1.807) is 0 Å². The van der Waals surface area contributed by atoms with Gasteiger partial charge in [0, 0.05) is 0 Å². The molecule has 1 amide bonds. The molecule has 0 aromatic heterocycles. The summed E-state index contributed by atoms with van der Waals surface area (Å²) in [7, 11) is 0. The van der Waals surface area contributed by atoms with Crippen molar-refractivity contribution in [3.63, 3.8) is 0 Å². The molecule has 0 heterocycles. The Kier molecular flexibility index (Phi) is 7.73. The molecule has 0 radical (unpaired) electrons. The summed E-state index contributed by atoms with van der Waals surface area (Å²) in [6.07, 6.45) is -3.64. The average Bonchev–Trinajstić information content (AvgIpc) is 2.52. The number of hydrogen-bond acceptors (Lipinski definition) is 2. The monoisotopic (exact) mass is 449 g/mol. The Hall–Kier alpha value is -0.340. The second-order valence-corrected chi connectivity index (χ2v) is 15.5. The summed E-state index contributed by atoms with van der Waals surface area (Å²) >= 11 is 12.8. The van der Waals surface area contributed by atoms with Gasteiger partial charge in [-0.2, -0.15) is 0 Å². The number of carbonyl (C=O) groups is 1. The Morgan fingerprint density at radius 3 is 1.54 bits per heavy atom. The standard InChI is InChI=1S/C22H38Cl2NO2P/c1-11-25(12-2)19(26)22(9,10)15-13-16(20(3,4)5)18(28(23,24)27)17(14-15)21(6,7)8/h13-14,27-28H,11-12H2,1-10H3. The number of benzene rings is 1. The van der Waals surface area contributed by atoms with Crippen molar-refractivity contribution in [1.82, 2.24) is 4.90 Å². The zero-order valence-corrected chi connectivity index (χ0v) is 21.6. The molecule has 0 spiro atoms. The number of carbonyl (C=O) groups excluding carboxylic acids is 1. The molecule has 0 aliphatic carbocycles. The fraction of sp³-hybridized carbons (Fsp3) is 0.682. The predicted octanol–water partition coefficient (Wildman–Crippen LogP) is 6.02. The van der Waals surface area contributed by atoms with Crippen LogP contribution < -0.4 is 5.30 Å². The maximum absolute atomic E-state index is 13.3. The van der Waals surface area contributed by atoms with E-state index in [4.69, 9.17) is 22.5 Å². The van der Waals surface area contributed by atoms with Crippen molar-refractivity contribution in [3.05, 3.63) is 28.8 Å². The van der Waals surface area contributed by atoms with E-state index in [0.717, 1.165) is 16.7 Å². The predicted molar refractivity (Wildman–Crippen MR) is 127 cm³/mol. The van der Waals surface area contributed by atoms with Crippen molar-refractivity contribution in [2.75, 3.05) is 13.1 Å². The fourth-order valence-corrected chi connectivity index (χ4v) is 6.30. The van der Waals surface area contributed by atoms with Crippen molar-refractivity contribution in [2.24, 2.45) is 0 Å². The van der Waals surface area contributed by atoms with E-state index in [0.29, 0.717) is 18.4 Å². The molecule has 6 heteroatoms. The van der Waals surface area contributed by atoms with Gasteiger partial charge < -0.3 is 0 Å². The second kappa shape index (κ2) is 8.42. The van der Waals surface area contributed by atoms with Gasteiger partial charge in [-0.3, -0.25) is 0 Å². The topological polar surface area (TPSA) is 40.5 Å². The van der Waals surface area contributed by atoms with Gasteiger partial charge >= 0.3 is 182 Å². The minimum absolute atomic E-state index is 0.0919. The molecular formula is C22H38Cl2NO2P. The molecule has 0 bridgehead atoms. The maximum atomic E-state index is 13.3. The number of halogens is 2. The van der Waals surface area contributed by atoms with E-state index < -0.39 is 11.6 Å². The molecule has 0 fully saturated rings. The van der Waals surface area contributed by atoms with E-state index >= 15 is 0 Å². The van der Waals surface area contributed by atoms with E-state index in [-0.39, 0.29) is 16.7 Å². The summed E-state index contributed by atoms with van der Waals surface area (Å²) in [4.78, 5) is 25.9. The third kappa shape index (κ3) is 5.42. The number of likely N-dealkylation sites (N-methyl/N-ethyl adjacent to an activating group) is 1. The fourth-order valence-electron chi connectivity index (χ4n) is 3.54. The molecule has 1 aromatic rings. The van der Waals surface area contributed by atoms with Crippen molar-refractivity contribution < 1.29 is 9.69 Å². The van der Waals surface area contributed by atoms with Crippen LogP contribution in [0.3, 0.4) is 0 Å². The zero-order chi connectivity index (χ0) is 22.3. The van der Waals surface area contributed by atoms with Crippen LogP contribution in [0.1, 0.15) is 85.9 Å². The van der Waals surface area contributed by atoms with Crippen LogP contribution >= 0.6 is 28.7 Å². The van der Waals surface area contributed by atoms with Crippen LogP contribution in [0.25, 0.3) is 0 Å². The van der Waals surface area contributed by atoms with Gasteiger partial charge in [-0.1, -0.05) is 0 Å². The van der Waals surface area contributed by atoms with Crippen molar-refractivity contribution in [2.45, 2.75) is 85.5 Å². The normalized spacial score (nSPS) is 14.2. The van der Waals surface area contributed by atoms with Gasteiger partial charge in [-0.25, -0.2) is 0 Å². The molecule has 0 saturated carbocycles. The minimum atomic E-state index is -3.64. The molecule has 1 N–H and O–H groups in total. The van der Waals surface area contributed by atoms with Gasteiger partial charge in [-0.05, 0) is 0 Å². The Balaban J connectivity index is 3.93. The van der Waals surface area contributed by atoms with Crippen LogP contribution in [0.2, 0.25) is 0 Å². The summed E-state index contributed by atoms with van der Waals surface area (Å²) in [6.45, 7) is 21.7. The van der Waals surface area contributed by atoms with E-state index in [9.17, 15) is 9.69 Å². The zero-order valence-electron chi connectivity index (χ0n) is 19.1. The average molecular weight is 450 g/mol. The Morgan fingerprint density at radius 2 is 1.29 bits per heavy atom. The van der Waals surface area contributed by atoms with Gasteiger partial charge in [0.2, 0.25) is 0 Å². The van der Waals surface area contributed by atoms with Crippen LogP contribution in [0.4, 0.5) is 0 Å². The number of amides is 1. The number of rotatable bonds is 5. The van der Waals surface area contributed by atoms with E-state index in [1.807, 2.05) is 44.7 Å². The summed E-state index contributed by atoms with van der Waals surface area (Å²) in [5.74, 6) is 0.0919. The second-order valence-electron chi connectivity index (χ2n) is 10.1. The molecule has 162 valence electrons. The molecule has 0 saturated heterocycles. The molecule has 1 aromatic carbocycles. The summed E-state index contributed by atoms with van der Waals surface area (Å²) in [5, 5.41) is 0.658. The SMILES string of the molecule is CCN(CC)C(=O)C(C)(C)c1cc(C(C)(C)C)c([PH](O)(Cl)Cl)c(C(C)(C)C)c1. The Morgan fingerprint density at radius 1 is 0.929 bits per heavy atom. The molecule has 0 atom stereocenters. The molecule has 1 rings (SSSR count). The first-order valence-electron chi connectivity index (χ1n) is 9.98. The molecule has 0 aliphatic heterocycles. The molecule has 0 unspecified atom stereocenters. The van der Waals surface area contributed by atoms with Crippen molar-refractivity contribution >= 4 is 39.9 Å². The molecular weight excluding hydrogens is 412 g/mol. The van der Waals surface area contributed by atoms with Crippen molar-refractivity contribution in [1.29, 1.82) is 0 Å². The van der Waals surface area contributed by atoms with Crippen LogP contribution in [0, 0.1) is 0 Å². The van der Waals surface area contributed by atoms with Gasteiger partial charge in [0.25, 0.3) is 0 Å². The Labute approximate surface area is 181 Å². The summed E-state index contributed by atoms with van der Waals surface area (Å²) in [6, 6.07) is 4.05. The first kappa shape index (κ1) is 25.7. The number of hydrogen-bond donors (Lipinski definition) is 1. The van der Waals surface area contributed by atoms with Gasteiger partial charge in [0.15, 0.2) is 0 Å². The first-order chi connectivity index (χ1) is 12.4. The van der Waals surface area contributed by atoms with Gasteiger partial charge in [0.05, 0.1) is 0 Å². The van der Waals surface area contributed by atoms with Crippen LogP contribution in [0.15, 0.2) is 12.1 Å². The van der Waals surface area contributed by atoms with Crippen LogP contribution in [-0.2, 0) is 21.0 Å².